The Morgan fingerprint density at radius 1 is 0.974 bits per heavy atom. The number of rotatable bonds is 8. The summed E-state index contributed by atoms with van der Waals surface area (Å²) in [6, 6.07) is 15.5. The lowest BCUT2D eigenvalue weighted by Gasteiger charge is -2.26. The Morgan fingerprint density at radius 2 is 1.74 bits per heavy atom. The van der Waals surface area contributed by atoms with Crippen LogP contribution in [0.2, 0.25) is 0 Å². The topological polar surface area (TPSA) is 111 Å². The SMILES string of the molecule is CCOc1cc(/C=C2\C(=O)NC(=O)N(c3ccc(C(=O)OC)cc3)C2=O)ccc1OCc1cccc(F)c1. The summed E-state index contributed by atoms with van der Waals surface area (Å²) in [4.78, 5) is 50.7. The third kappa shape index (κ3) is 5.70. The average molecular weight is 518 g/mol. The van der Waals surface area contributed by atoms with E-state index in [9.17, 15) is 23.6 Å². The summed E-state index contributed by atoms with van der Waals surface area (Å²) in [5.74, 6) is -1.90. The van der Waals surface area contributed by atoms with Crippen molar-refractivity contribution in [3.05, 3.63) is 94.8 Å². The first-order valence-corrected chi connectivity index (χ1v) is 11.5. The van der Waals surface area contributed by atoms with E-state index in [4.69, 9.17) is 9.47 Å². The third-order valence-electron chi connectivity index (χ3n) is 5.51. The molecule has 0 unspecified atom stereocenters. The largest absolute Gasteiger partial charge is 0.490 e. The lowest BCUT2D eigenvalue weighted by atomic mass is 10.1. The second-order valence-corrected chi connectivity index (χ2v) is 8.05. The maximum absolute atomic E-state index is 13.5. The fourth-order valence-electron chi connectivity index (χ4n) is 3.71. The first kappa shape index (κ1) is 26.1. The average Bonchev–Trinajstić information content (AvgIpc) is 2.90. The molecule has 0 saturated carbocycles. The van der Waals surface area contributed by atoms with Crippen molar-refractivity contribution < 1.29 is 37.8 Å². The molecule has 3 aromatic carbocycles. The van der Waals surface area contributed by atoms with Crippen LogP contribution < -0.4 is 19.7 Å². The van der Waals surface area contributed by atoms with Crippen molar-refractivity contribution in [3.63, 3.8) is 0 Å². The summed E-state index contributed by atoms with van der Waals surface area (Å²) in [6.45, 7) is 2.21. The van der Waals surface area contributed by atoms with Crippen LogP contribution in [0.3, 0.4) is 0 Å². The van der Waals surface area contributed by atoms with Crippen molar-refractivity contribution >= 4 is 35.6 Å². The summed E-state index contributed by atoms with van der Waals surface area (Å²) >= 11 is 0. The van der Waals surface area contributed by atoms with E-state index in [0.717, 1.165) is 4.90 Å². The first-order valence-electron chi connectivity index (χ1n) is 11.5. The zero-order valence-corrected chi connectivity index (χ0v) is 20.5. The Labute approximate surface area is 217 Å². The van der Waals surface area contributed by atoms with E-state index in [1.807, 2.05) is 0 Å². The fourth-order valence-corrected chi connectivity index (χ4v) is 3.71. The highest BCUT2D eigenvalue weighted by molar-refractivity contribution is 6.39. The van der Waals surface area contributed by atoms with Crippen molar-refractivity contribution in [1.82, 2.24) is 5.32 Å². The van der Waals surface area contributed by atoms with Crippen molar-refractivity contribution in [1.29, 1.82) is 0 Å². The van der Waals surface area contributed by atoms with Crippen LogP contribution in [0, 0.1) is 5.82 Å². The molecule has 1 aliphatic rings. The van der Waals surface area contributed by atoms with Gasteiger partial charge in [-0.15, -0.1) is 0 Å². The number of urea groups is 1. The molecule has 0 spiro atoms. The van der Waals surface area contributed by atoms with Crippen LogP contribution in [0.1, 0.15) is 28.4 Å². The van der Waals surface area contributed by atoms with Gasteiger partial charge in [0.25, 0.3) is 11.8 Å². The van der Waals surface area contributed by atoms with E-state index in [2.05, 4.69) is 10.1 Å². The zero-order valence-electron chi connectivity index (χ0n) is 20.5. The molecule has 1 fully saturated rings. The first-order chi connectivity index (χ1) is 18.3. The molecule has 9 nitrogen and oxygen atoms in total. The molecule has 4 amide bonds. The Morgan fingerprint density at radius 3 is 2.42 bits per heavy atom. The number of barbiturate groups is 1. The van der Waals surface area contributed by atoms with E-state index in [0.29, 0.717) is 29.2 Å². The molecule has 0 radical (unpaired) electrons. The second-order valence-electron chi connectivity index (χ2n) is 8.05. The standard InChI is InChI=1S/C28H23FN2O7/c1-3-37-24-15-17(7-12-23(24)38-16-18-5-4-6-20(29)13-18)14-22-25(32)30-28(35)31(26(22)33)21-10-8-19(9-11-21)27(34)36-2/h4-15H,3,16H2,1-2H3,(H,30,32,35)/b22-14+. The maximum Gasteiger partial charge on any atom is 0.337 e. The molecule has 4 rings (SSSR count). The summed E-state index contributed by atoms with van der Waals surface area (Å²) in [5.41, 5.74) is 1.19. The van der Waals surface area contributed by atoms with Crippen LogP contribution in [0.15, 0.2) is 72.3 Å². The van der Waals surface area contributed by atoms with Crippen molar-refractivity contribution in [3.8, 4) is 11.5 Å². The minimum Gasteiger partial charge on any atom is -0.490 e. The highest BCUT2D eigenvalue weighted by atomic mass is 19.1. The zero-order chi connectivity index (χ0) is 27.2. The number of esters is 1. The molecule has 194 valence electrons. The number of hydrogen-bond acceptors (Lipinski definition) is 7. The van der Waals surface area contributed by atoms with Gasteiger partial charge >= 0.3 is 12.0 Å². The normalized spacial score (nSPS) is 14.3. The number of benzene rings is 3. The van der Waals surface area contributed by atoms with E-state index in [1.165, 1.54) is 49.6 Å². The van der Waals surface area contributed by atoms with Crippen molar-refractivity contribution in [2.24, 2.45) is 0 Å². The van der Waals surface area contributed by atoms with Gasteiger partial charge in [0.05, 0.1) is 25.0 Å². The van der Waals surface area contributed by atoms with Gasteiger partial charge in [0.1, 0.15) is 18.0 Å². The molecule has 1 saturated heterocycles. The number of imide groups is 2. The summed E-state index contributed by atoms with van der Waals surface area (Å²) in [6.07, 6.45) is 1.33. The number of hydrogen-bond donors (Lipinski definition) is 1. The predicted molar refractivity (Wildman–Crippen MR) is 135 cm³/mol. The number of nitrogens with one attached hydrogen (secondary N) is 1. The highest BCUT2D eigenvalue weighted by Gasteiger charge is 2.37. The van der Waals surface area contributed by atoms with Gasteiger partial charge in [-0.05, 0) is 72.7 Å². The highest BCUT2D eigenvalue weighted by Crippen LogP contribution is 2.31. The monoisotopic (exact) mass is 518 g/mol. The molecule has 0 aromatic heterocycles. The van der Waals surface area contributed by atoms with Crippen LogP contribution in [-0.4, -0.2) is 37.5 Å². The van der Waals surface area contributed by atoms with E-state index in [-0.39, 0.29) is 29.2 Å². The molecule has 0 atom stereocenters. The summed E-state index contributed by atoms with van der Waals surface area (Å²) in [5, 5.41) is 2.15. The third-order valence-corrected chi connectivity index (χ3v) is 5.51. The molecule has 0 aliphatic carbocycles. The molecular weight excluding hydrogens is 495 g/mol. The quantitative estimate of drug-likeness (QED) is 0.270. The number of methoxy groups -OCH3 is 1. The number of carbonyl (C=O) groups is 4. The lowest BCUT2D eigenvalue weighted by Crippen LogP contribution is -2.54. The van der Waals surface area contributed by atoms with E-state index < -0.39 is 23.8 Å². The number of anilines is 1. The molecule has 0 bridgehead atoms. The number of halogens is 1. The minimum absolute atomic E-state index is 0.102. The van der Waals surface area contributed by atoms with Gasteiger partial charge in [0.2, 0.25) is 0 Å². The van der Waals surface area contributed by atoms with E-state index >= 15 is 0 Å². The molecule has 1 aliphatic heterocycles. The molecule has 38 heavy (non-hydrogen) atoms. The van der Waals surface area contributed by atoms with Gasteiger partial charge in [-0.25, -0.2) is 18.9 Å². The molecule has 1 heterocycles. The van der Waals surface area contributed by atoms with Gasteiger partial charge in [0.15, 0.2) is 11.5 Å². The Kier molecular flexibility index (Phi) is 7.81. The molecule has 1 N–H and O–H groups in total. The van der Waals surface area contributed by atoms with E-state index in [1.54, 1.807) is 37.3 Å². The van der Waals surface area contributed by atoms with Gasteiger partial charge in [-0.3, -0.25) is 14.9 Å². The molecular formula is C28H23FN2O7. The fraction of sp³-hybridized carbons (Fsp3) is 0.143. The van der Waals surface area contributed by atoms with Crippen LogP contribution in [0.25, 0.3) is 6.08 Å². The number of amides is 4. The van der Waals surface area contributed by atoms with Crippen molar-refractivity contribution in [2.45, 2.75) is 13.5 Å². The minimum atomic E-state index is -0.918. The van der Waals surface area contributed by atoms with Gasteiger partial charge < -0.3 is 14.2 Å². The van der Waals surface area contributed by atoms with Crippen LogP contribution in [0.4, 0.5) is 14.9 Å². The lowest BCUT2D eigenvalue weighted by molar-refractivity contribution is -0.122. The van der Waals surface area contributed by atoms with Gasteiger partial charge in [0, 0.05) is 0 Å². The number of carbonyl (C=O) groups excluding carboxylic acids is 4. The van der Waals surface area contributed by atoms with Gasteiger partial charge in [-0.1, -0.05) is 18.2 Å². The summed E-state index contributed by atoms with van der Waals surface area (Å²) in [7, 11) is 1.24. The van der Waals surface area contributed by atoms with Crippen molar-refractivity contribution in [2.75, 3.05) is 18.6 Å². The maximum atomic E-state index is 13.5. The Balaban J connectivity index is 1.59. The van der Waals surface area contributed by atoms with Gasteiger partial charge in [-0.2, -0.15) is 0 Å². The molecule has 3 aromatic rings. The smallest absolute Gasteiger partial charge is 0.337 e. The Hall–Kier alpha value is -4.99. The summed E-state index contributed by atoms with van der Waals surface area (Å²) < 4.78 is 29.6. The molecule has 10 heteroatoms. The van der Waals surface area contributed by atoms with Crippen LogP contribution in [0.5, 0.6) is 11.5 Å². The number of ether oxygens (including phenoxy) is 3. The second kappa shape index (κ2) is 11.4. The number of nitrogens with zero attached hydrogens (tertiary/aromatic N) is 1. The van der Waals surface area contributed by atoms with Crippen LogP contribution >= 0.6 is 0 Å². The predicted octanol–water partition coefficient (Wildman–Crippen LogP) is 4.26. The van der Waals surface area contributed by atoms with Crippen LogP contribution in [-0.2, 0) is 20.9 Å². The Bertz CT molecular complexity index is 1430.